The van der Waals surface area contributed by atoms with Gasteiger partial charge in [0.15, 0.2) is 0 Å². The van der Waals surface area contributed by atoms with Crippen LogP contribution in [0, 0.1) is 0 Å². The molecule has 0 aliphatic heterocycles. The maximum Gasteiger partial charge on any atom is 0.0165 e. The van der Waals surface area contributed by atoms with Crippen LogP contribution in [-0.2, 0) is 5.75 Å². The Kier molecular flexibility index (Phi) is 4.63. The average Bonchev–Trinajstić information content (AvgIpc) is 2.18. The molecule has 0 unspecified atom stereocenters. The third kappa shape index (κ3) is 2.58. The molecule has 0 amide bonds. The molecule has 0 N–H and O–H groups in total. The van der Waals surface area contributed by atoms with Gasteiger partial charge in [-0.05, 0) is 23.1 Å². The Labute approximate surface area is 97.2 Å². The highest BCUT2D eigenvalue weighted by Gasteiger charge is 2.05. The Balaban J connectivity index is 3.03. The summed E-state index contributed by atoms with van der Waals surface area (Å²) in [6, 6.07) is 6.17. The largest absolute Gasteiger partial charge is 0.175 e. The molecule has 0 radical (unpaired) electrons. The van der Waals surface area contributed by atoms with Crippen molar-refractivity contribution in [1.82, 2.24) is 0 Å². The fraction of sp³-hybridized carbons (Fsp3) is 0.333. The van der Waals surface area contributed by atoms with E-state index in [9.17, 15) is 0 Å². The maximum absolute atomic E-state index is 4.51. The topological polar surface area (TPSA) is 0 Å². The second kappa shape index (κ2) is 5.52. The first kappa shape index (κ1) is 11.7. The van der Waals surface area contributed by atoms with Crippen molar-refractivity contribution in [3.63, 3.8) is 0 Å². The number of hydrogen-bond acceptors (Lipinski definition) is 2. The van der Waals surface area contributed by atoms with Crippen LogP contribution in [0.3, 0.4) is 0 Å². The summed E-state index contributed by atoms with van der Waals surface area (Å²) in [4.78, 5) is 1.03. The SMILES string of the molecule is C=C(CCC)c1cccc(CS)c1S. The molecule has 0 aliphatic rings. The van der Waals surface area contributed by atoms with E-state index >= 15 is 0 Å². The minimum Gasteiger partial charge on any atom is -0.175 e. The second-order valence-electron chi connectivity index (χ2n) is 3.32. The van der Waals surface area contributed by atoms with Crippen LogP contribution in [-0.4, -0.2) is 0 Å². The number of thiol groups is 2. The zero-order chi connectivity index (χ0) is 10.6. The normalized spacial score (nSPS) is 10.2. The lowest BCUT2D eigenvalue weighted by molar-refractivity contribution is 0.970. The fourth-order valence-corrected chi connectivity index (χ4v) is 2.22. The Morgan fingerprint density at radius 2 is 2.14 bits per heavy atom. The molecule has 0 nitrogen and oxygen atoms in total. The molecule has 0 saturated heterocycles. The lowest BCUT2D eigenvalue weighted by Crippen LogP contribution is -1.89. The highest BCUT2D eigenvalue weighted by Crippen LogP contribution is 2.28. The van der Waals surface area contributed by atoms with E-state index in [4.69, 9.17) is 0 Å². The van der Waals surface area contributed by atoms with Gasteiger partial charge >= 0.3 is 0 Å². The van der Waals surface area contributed by atoms with Gasteiger partial charge in [0, 0.05) is 10.6 Å². The van der Waals surface area contributed by atoms with Crippen LogP contribution in [0.5, 0.6) is 0 Å². The van der Waals surface area contributed by atoms with Gasteiger partial charge < -0.3 is 0 Å². The molecule has 0 fully saturated rings. The summed E-state index contributed by atoms with van der Waals surface area (Å²) in [7, 11) is 0. The standard InChI is InChI=1S/C12H16S2/c1-3-5-9(2)11-7-4-6-10(8-13)12(11)14/h4,6-7,13-14H,2-3,5,8H2,1H3. The van der Waals surface area contributed by atoms with Gasteiger partial charge in [-0.3, -0.25) is 0 Å². The smallest absolute Gasteiger partial charge is 0.0165 e. The molecule has 2 heteroatoms. The molecular formula is C12H16S2. The van der Waals surface area contributed by atoms with E-state index in [1.807, 2.05) is 6.07 Å². The molecule has 0 atom stereocenters. The van der Waals surface area contributed by atoms with Crippen molar-refractivity contribution in [2.45, 2.75) is 30.4 Å². The van der Waals surface area contributed by atoms with Crippen molar-refractivity contribution in [2.75, 3.05) is 0 Å². The number of rotatable bonds is 4. The van der Waals surface area contributed by atoms with Crippen molar-refractivity contribution in [3.8, 4) is 0 Å². The van der Waals surface area contributed by atoms with Gasteiger partial charge in [0.05, 0.1) is 0 Å². The van der Waals surface area contributed by atoms with E-state index in [2.05, 4.69) is 50.9 Å². The molecule has 1 rings (SSSR count). The first-order valence-corrected chi connectivity index (χ1v) is 5.88. The Morgan fingerprint density at radius 3 is 2.71 bits per heavy atom. The van der Waals surface area contributed by atoms with Gasteiger partial charge in [-0.2, -0.15) is 12.6 Å². The first-order valence-electron chi connectivity index (χ1n) is 4.80. The number of hydrogen-bond donors (Lipinski definition) is 2. The van der Waals surface area contributed by atoms with Crippen LogP contribution in [0.15, 0.2) is 29.7 Å². The minimum atomic E-state index is 0.728. The molecule has 0 aromatic heterocycles. The van der Waals surface area contributed by atoms with Crippen LogP contribution >= 0.6 is 25.3 Å². The van der Waals surface area contributed by atoms with E-state index in [0.29, 0.717) is 0 Å². The van der Waals surface area contributed by atoms with Gasteiger partial charge in [0.2, 0.25) is 0 Å². The van der Waals surface area contributed by atoms with Crippen LogP contribution in [0.25, 0.3) is 5.57 Å². The molecule has 0 spiro atoms. The van der Waals surface area contributed by atoms with Crippen molar-refractivity contribution in [1.29, 1.82) is 0 Å². The van der Waals surface area contributed by atoms with Gasteiger partial charge in [-0.25, -0.2) is 0 Å². The van der Waals surface area contributed by atoms with Gasteiger partial charge in [-0.1, -0.05) is 38.1 Å². The first-order chi connectivity index (χ1) is 6.70. The predicted octanol–water partition coefficient (Wildman–Crippen LogP) is 4.22. The van der Waals surface area contributed by atoms with Crippen molar-refractivity contribution >= 4 is 30.8 Å². The molecule has 0 aliphatic carbocycles. The van der Waals surface area contributed by atoms with E-state index < -0.39 is 0 Å². The van der Waals surface area contributed by atoms with E-state index in [-0.39, 0.29) is 0 Å². The third-order valence-corrected chi connectivity index (χ3v) is 3.09. The van der Waals surface area contributed by atoms with Crippen molar-refractivity contribution in [3.05, 3.63) is 35.9 Å². The molecule has 0 bridgehead atoms. The summed E-state index contributed by atoms with van der Waals surface area (Å²) in [5.41, 5.74) is 3.51. The van der Waals surface area contributed by atoms with Crippen LogP contribution in [0.2, 0.25) is 0 Å². The van der Waals surface area contributed by atoms with Crippen LogP contribution in [0.4, 0.5) is 0 Å². The monoisotopic (exact) mass is 224 g/mol. The summed E-state index contributed by atoms with van der Waals surface area (Å²) in [5, 5.41) is 0. The van der Waals surface area contributed by atoms with Crippen LogP contribution < -0.4 is 0 Å². The summed E-state index contributed by atoms with van der Waals surface area (Å²) in [6.45, 7) is 6.24. The lowest BCUT2D eigenvalue weighted by Gasteiger charge is -2.10. The molecular weight excluding hydrogens is 208 g/mol. The highest BCUT2D eigenvalue weighted by atomic mass is 32.1. The Bertz CT molecular complexity index is 329. The van der Waals surface area contributed by atoms with Crippen molar-refractivity contribution in [2.24, 2.45) is 0 Å². The van der Waals surface area contributed by atoms with Crippen LogP contribution in [0.1, 0.15) is 30.9 Å². The van der Waals surface area contributed by atoms with Gasteiger partial charge in [0.1, 0.15) is 0 Å². The number of allylic oxidation sites excluding steroid dienone is 1. The van der Waals surface area contributed by atoms with Gasteiger partial charge in [0.25, 0.3) is 0 Å². The van der Waals surface area contributed by atoms with E-state index in [0.717, 1.165) is 23.5 Å². The molecule has 14 heavy (non-hydrogen) atoms. The molecule has 1 aromatic rings. The van der Waals surface area contributed by atoms with Crippen molar-refractivity contribution < 1.29 is 0 Å². The minimum absolute atomic E-state index is 0.728. The Hall–Kier alpha value is -0.340. The Morgan fingerprint density at radius 1 is 1.43 bits per heavy atom. The summed E-state index contributed by atoms with van der Waals surface area (Å²) in [6.07, 6.45) is 2.15. The van der Waals surface area contributed by atoms with Gasteiger partial charge in [-0.15, -0.1) is 12.6 Å². The highest BCUT2D eigenvalue weighted by molar-refractivity contribution is 7.81. The summed E-state index contributed by atoms with van der Waals surface area (Å²) < 4.78 is 0. The zero-order valence-corrected chi connectivity index (χ0v) is 10.2. The zero-order valence-electron chi connectivity index (χ0n) is 8.45. The van der Waals surface area contributed by atoms with E-state index in [1.165, 1.54) is 16.7 Å². The molecule has 1 aromatic carbocycles. The quantitative estimate of drug-likeness (QED) is 0.703. The summed E-state index contributed by atoms with van der Waals surface area (Å²) in [5.74, 6) is 0.728. The number of benzene rings is 1. The molecule has 0 saturated carbocycles. The van der Waals surface area contributed by atoms with E-state index in [1.54, 1.807) is 0 Å². The second-order valence-corrected chi connectivity index (χ2v) is 4.09. The molecule has 76 valence electrons. The molecule has 0 heterocycles. The fourth-order valence-electron chi connectivity index (χ4n) is 1.44. The summed E-state index contributed by atoms with van der Waals surface area (Å²) >= 11 is 8.78. The average molecular weight is 224 g/mol. The lowest BCUT2D eigenvalue weighted by atomic mass is 10.0. The maximum atomic E-state index is 4.51. The predicted molar refractivity (Wildman–Crippen MR) is 70.3 cm³/mol. The third-order valence-electron chi connectivity index (χ3n) is 2.22.